The zero-order chi connectivity index (χ0) is 19.2. The topological polar surface area (TPSA) is 37.2 Å². The number of carbonyl (C=O) groups excluding carboxylic acids is 1. The molecule has 1 aliphatic rings. The van der Waals surface area contributed by atoms with Gasteiger partial charge in [0.2, 0.25) is 0 Å². The number of nitrogens with zero attached hydrogens (tertiary/aromatic N) is 2. The first-order chi connectivity index (χ1) is 13.1. The van der Waals surface area contributed by atoms with Crippen LogP contribution >= 0.6 is 0 Å². The second-order valence-electron chi connectivity index (χ2n) is 7.22. The van der Waals surface area contributed by atoms with Crippen molar-refractivity contribution in [3.63, 3.8) is 0 Å². The van der Waals surface area contributed by atoms with Gasteiger partial charge >= 0.3 is 0 Å². The number of anilines is 1. The van der Waals surface area contributed by atoms with Crippen molar-refractivity contribution >= 4 is 11.6 Å². The standard InChI is InChI=1S/C22H29N3O2/c1-18(22(26)23(2)17-19-9-5-4-6-10-19)24-13-15-25(16-14-24)20-11-7-8-12-21(20)27-3/h4-12,18H,13-17H2,1-3H3/p+1/t18-/m1/s1. The number of benzene rings is 2. The van der Waals surface area contributed by atoms with E-state index in [1.54, 1.807) is 7.11 Å². The van der Waals surface area contributed by atoms with Crippen LogP contribution in [0.25, 0.3) is 0 Å². The molecule has 3 rings (SSSR count). The third kappa shape index (κ3) is 4.61. The average Bonchev–Trinajstić information content (AvgIpc) is 2.73. The molecule has 1 atom stereocenters. The zero-order valence-electron chi connectivity index (χ0n) is 16.5. The summed E-state index contributed by atoms with van der Waals surface area (Å²) in [4.78, 5) is 18.4. The summed E-state index contributed by atoms with van der Waals surface area (Å²) in [6, 6.07) is 18.3. The van der Waals surface area contributed by atoms with E-state index in [9.17, 15) is 4.79 Å². The maximum absolute atomic E-state index is 12.9. The number of hydrogen-bond donors (Lipinski definition) is 1. The van der Waals surface area contributed by atoms with E-state index in [1.807, 2.05) is 48.3 Å². The summed E-state index contributed by atoms with van der Waals surface area (Å²) in [5.41, 5.74) is 2.30. The van der Waals surface area contributed by atoms with E-state index in [0.29, 0.717) is 6.54 Å². The summed E-state index contributed by atoms with van der Waals surface area (Å²) in [7, 11) is 3.61. The number of nitrogens with one attached hydrogen (secondary N) is 1. The van der Waals surface area contributed by atoms with Gasteiger partial charge in [0.1, 0.15) is 5.75 Å². The Bertz CT molecular complexity index is 742. The highest BCUT2D eigenvalue weighted by Crippen LogP contribution is 2.27. The molecule has 1 amide bonds. The lowest BCUT2D eigenvalue weighted by Crippen LogP contribution is -3.19. The maximum Gasteiger partial charge on any atom is 0.280 e. The van der Waals surface area contributed by atoms with Crippen molar-refractivity contribution in [3.05, 3.63) is 60.2 Å². The number of piperazine rings is 1. The van der Waals surface area contributed by atoms with Gasteiger partial charge < -0.3 is 19.4 Å². The van der Waals surface area contributed by atoms with Crippen molar-refractivity contribution in [2.24, 2.45) is 0 Å². The second kappa shape index (κ2) is 8.91. The number of ether oxygens (including phenoxy) is 1. The third-order valence-corrected chi connectivity index (χ3v) is 5.45. The van der Waals surface area contributed by atoms with Crippen LogP contribution in [0.2, 0.25) is 0 Å². The lowest BCUT2D eigenvalue weighted by molar-refractivity contribution is -0.915. The van der Waals surface area contributed by atoms with Crippen LogP contribution in [-0.2, 0) is 11.3 Å². The normalized spacial score (nSPS) is 16.0. The van der Waals surface area contributed by atoms with Crippen molar-refractivity contribution in [2.45, 2.75) is 19.5 Å². The summed E-state index contributed by atoms with van der Waals surface area (Å²) in [6.07, 6.45) is 0. The van der Waals surface area contributed by atoms with Crippen molar-refractivity contribution in [3.8, 4) is 5.75 Å². The second-order valence-corrected chi connectivity index (χ2v) is 7.22. The molecule has 0 aliphatic carbocycles. The molecule has 144 valence electrons. The lowest BCUT2D eigenvalue weighted by Gasteiger charge is -2.37. The van der Waals surface area contributed by atoms with Crippen LogP contribution < -0.4 is 14.5 Å². The van der Waals surface area contributed by atoms with Crippen molar-refractivity contribution in [1.29, 1.82) is 0 Å². The minimum Gasteiger partial charge on any atom is -0.495 e. The molecular weight excluding hydrogens is 338 g/mol. The summed E-state index contributed by atoms with van der Waals surface area (Å²) in [5, 5.41) is 0. The maximum atomic E-state index is 12.9. The smallest absolute Gasteiger partial charge is 0.280 e. The molecule has 0 spiro atoms. The molecule has 27 heavy (non-hydrogen) atoms. The molecule has 0 radical (unpaired) electrons. The van der Waals surface area contributed by atoms with Gasteiger partial charge in [-0.3, -0.25) is 4.79 Å². The molecule has 5 heteroatoms. The highest BCUT2D eigenvalue weighted by atomic mass is 16.5. The minimum absolute atomic E-state index is 0.0291. The van der Waals surface area contributed by atoms with Gasteiger partial charge in [-0.15, -0.1) is 0 Å². The molecule has 0 bridgehead atoms. The number of likely N-dealkylation sites (N-methyl/N-ethyl adjacent to an activating group) is 1. The van der Waals surface area contributed by atoms with Gasteiger partial charge in [0.25, 0.3) is 5.91 Å². The summed E-state index contributed by atoms with van der Waals surface area (Å²) in [6.45, 7) is 6.46. The largest absolute Gasteiger partial charge is 0.495 e. The van der Waals surface area contributed by atoms with E-state index in [2.05, 4.69) is 30.0 Å². The Labute approximate surface area is 162 Å². The van der Waals surface area contributed by atoms with Gasteiger partial charge in [-0.1, -0.05) is 42.5 Å². The third-order valence-electron chi connectivity index (χ3n) is 5.45. The molecule has 1 aliphatic heterocycles. The van der Waals surface area contributed by atoms with Crippen LogP contribution in [0, 0.1) is 0 Å². The Balaban J connectivity index is 1.56. The van der Waals surface area contributed by atoms with Crippen molar-refractivity contribution in [1.82, 2.24) is 4.90 Å². The number of hydrogen-bond acceptors (Lipinski definition) is 3. The molecule has 0 unspecified atom stereocenters. The fourth-order valence-corrected chi connectivity index (χ4v) is 3.80. The number of amides is 1. The van der Waals surface area contributed by atoms with E-state index in [0.717, 1.165) is 43.2 Å². The molecule has 1 fully saturated rings. The molecule has 0 saturated carbocycles. The monoisotopic (exact) mass is 368 g/mol. The number of quaternary nitrogens is 1. The molecule has 1 N–H and O–H groups in total. The predicted octanol–water partition coefficient (Wildman–Crippen LogP) is 1.45. The van der Waals surface area contributed by atoms with E-state index >= 15 is 0 Å². The minimum atomic E-state index is -0.0291. The number of carbonyl (C=O) groups is 1. The zero-order valence-corrected chi connectivity index (χ0v) is 16.5. The first-order valence-corrected chi connectivity index (χ1v) is 9.61. The summed E-state index contributed by atoms with van der Waals surface area (Å²) < 4.78 is 5.49. The quantitative estimate of drug-likeness (QED) is 0.839. The fraction of sp³-hybridized carbons (Fsp3) is 0.409. The van der Waals surface area contributed by atoms with Crippen LogP contribution in [0.1, 0.15) is 12.5 Å². The molecule has 0 aromatic heterocycles. The van der Waals surface area contributed by atoms with Crippen molar-refractivity contribution in [2.75, 3.05) is 45.2 Å². The van der Waals surface area contributed by atoms with Crippen LogP contribution in [0.3, 0.4) is 0 Å². The highest BCUT2D eigenvalue weighted by Gasteiger charge is 2.31. The fourth-order valence-electron chi connectivity index (χ4n) is 3.80. The summed E-state index contributed by atoms with van der Waals surface area (Å²) >= 11 is 0. The van der Waals surface area contributed by atoms with E-state index in [-0.39, 0.29) is 11.9 Å². The number of methoxy groups -OCH3 is 1. The number of para-hydroxylation sites is 2. The van der Waals surface area contributed by atoms with E-state index in [1.165, 1.54) is 4.90 Å². The van der Waals surface area contributed by atoms with Gasteiger partial charge in [-0.25, -0.2) is 0 Å². The molecule has 2 aromatic carbocycles. The van der Waals surface area contributed by atoms with Crippen LogP contribution in [0.4, 0.5) is 5.69 Å². The Kier molecular flexibility index (Phi) is 6.35. The lowest BCUT2D eigenvalue weighted by atomic mass is 10.1. The van der Waals surface area contributed by atoms with Gasteiger partial charge in [0, 0.05) is 13.6 Å². The Morgan fingerprint density at radius 3 is 2.41 bits per heavy atom. The van der Waals surface area contributed by atoms with Crippen LogP contribution in [-0.4, -0.2) is 57.2 Å². The van der Waals surface area contributed by atoms with E-state index in [4.69, 9.17) is 4.74 Å². The van der Waals surface area contributed by atoms with Crippen LogP contribution in [0.5, 0.6) is 5.75 Å². The Morgan fingerprint density at radius 2 is 1.74 bits per heavy atom. The summed E-state index contributed by atoms with van der Waals surface area (Å²) in [5.74, 6) is 1.12. The Morgan fingerprint density at radius 1 is 1.11 bits per heavy atom. The van der Waals surface area contributed by atoms with E-state index < -0.39 is 0 Å². The predicted molar refractivity (Wildman–Crippen MR) is 108 cm³/mol. The average molecular weight is 369 g/mol. The molecule has 5 nitrogen and oxygen atoms in total. The van der Waals surface area contributed by atoms with Gasteiger partial charge in [0.05, 0.1) is 39.0 Å². The first-order valence-electron chi connectivity index (χ1n) is 9.61. The van der Waals surface area contributed by atoms with Gasteiger partial charge in [-0.05, 0) is 24.6 Å². The number of rotatable bonds is 6. The highest BCUT2D eigenvalue weighted by molar-refractivity contribution is 5.79. The first kappa shape index (κ1) is 19.2. The SMILES string of the molecule is COc1ccccc1N1CC[NH+]([C@H](C)C(=O)N(C)Cc2ccccc2)CC1. The molecule has 1 heterocycles. The van der Waals surface area contributed by atoms with Crippen LogP contribution in [0.15, 0.2) is 54.6 Å². The van der Waals surface area contributed by atoms with Gasteiger partial charge in [0.15, 0.2) is 6.04 Å². The molecular formula is C22H30N3O2+. The van der Waals surface area contributed by atoms with Crippen molar-refractivity contribution < 1.29 is 14.4 Å². The van der Waals surface area contributed by atoms with Gasteiger partial charge in [-0.2, -0.15) is 0 Å². The Hall–Kier alpha value is -2.53. The molecule has 1 saturated heterocycles. The molecule has 2 aromatic rings.